The normalized spacial score (nSPS) is 13.3. The van der Waals surface area contributed by atoms with Crippen molar-refractivity contribution in [2.45, 2.75) is 19.3 Å². The average Bonchev–Trinajstić information content (AvgIpc) is 3.39. The molecule has 3 aromatic heterocycles. The van der Waals surface area contributed by atoms with Gasteiger partial charge >= 0.3 is 0 Å². The number of tetrazole rings is 1. The van der Waals surface area contributed by atoms with Crippen LogP contribution in [0.15, 0.2) is 36.8 Å². The molecule has 1 aromatic carbocycles. The molecule has 0 saturated carbocycles. The monoisotopic (exact) mass is 364 g/mol. The van der Waals surface area contributed by atoms with E-state index in [-0.39, 0.29) is 5.91 Å². The summed E-state index contributed by atoms with van der Waals surface area (Å²) in [6, 6.07) is 7.95. The van der Waals surface area contributed by atoms with E-state index in [1.165, 1.54) is 11.2 Å². The van der Waals surface area contributed by atoms with Gasteiger partial charge in [0.25, 0.3) is 5.91 Å². The number of hydrogen-bond acceptors (Lipinski definition) is 5. The number of hydrogen-bond donors (Lipinski definition) is 1. The van der Waals surface area contributed by atoms with Crippen molar-refractivity contribution in [3.8, 4) is 5.00 Å². The first-order chi connectivity index (χ1) is 12.7. The lowest BCUT2D eigenvalue weighted by Gasteiger charge is -2.09. The van der Waals surface area contributed by atoms with Crippen molar-refractivity contribution in [2.75, 3.05) is 5.32 Å². The van der Waals surface area contributed by atoms with E-state index in [4.69, 9.17) is 0 Å². The van der Waals surface area contributed by atoms with Crippen molar-refractivity contribution in [1.82, 2.24) is 24.8 Å². The van der Waals surface area contributed by atoms with Crippen LogP contribution in [-0.4, -0.2) is 30.7 Å². The first kappa shape index (κ1) is 15.3. The van der Waals surface area contributed by atoms with E-state index in [0.29, 0.717) is 5.56 Å². The summed E-state index contributed by atoms with van der Waals surface area (Å²) in [6.45, 7) is 0. The second kappa shape index (κ2) is 5.77. The maximum absolute atomic E-state index is 13.2. The molecule has 1 N–H and O–H groups in total. The fourth-order valence-corrected chi connectivity index (χ4v) is 4.94. The van der Waals surface area contributed by atoms with Gasteiger partial charge in [0.2, 0.25) is 0 Å². The van der Waals surface area contributed by atoms with Crippen LogP contribution in [0.5, 0.6) is 0 Å². The minimum absolute atomic E-state index is 0.105. The number of nitrogens with zero attached hydrogens (tertiary/aromatic N) is 5. The molecule has 5 rings (SSSR count). The molecule has 0 atom stereocenters. The van der Waals surface area contributed by atoms with Gasteiger partial charge in [-0.2, -0.15) is 4.68 Å². The third-order valence-electron chi connectivity index (χ3n) is 4.86. The molecule has 3 heterocycles. The van der Waals surface area contributed by atoms with Gasteiger partial charge in [-0.3, -0.25) is 4.79 Å². The number of carbonyl (C=O) groups excluding carboxylic acids is 1. The van der Waals surface area contributed by atoms with Gasteiger partial charge in [0.1, 0.15) is 11.3 Å². The summed E-state index contributed by atoms with van der Waals surface area (Å²) >= 11 is 1.61. The highest BCUT2D eigenvalue weighted by molar-refractivity contribution is 7.15. The Bertz CT molecular complexity index is 1120. The van der Waals surface area contributed by atoms with E-state index in [9.17, 15) is 4.79 Å². The van der Waals surface area contributed by atoms with Gasteiger partial charge in [0.05, 0.1) is 11.3 Å². The summed E-state index contributed by atoms with van der Waals surface area (Å²) in [4.78, 5) is 14.5. The number of aryl methyl sites for hydroxylation is 2. The lowest BCUT2D eigenvalue weighted by Crippen LogP contribution is -2.15. The minimum Gasteiger partial charge on any atom is -0.350 e. The van der Waals surface area contributed by atoms with Crippen LogP contribution in [0.25, 0.3) is 15.9 Å². The Morgan fingerprint density at radius 3 is 3.04 bits per heavy atom. The maximum Gasteiger partial charge on any atom is 0.259 e. The Morgan fingerprint density at radius 1 is 1.27 bits per heavy atom. The molecule has 4 aromatic rings. The predicted molar refractivity (Wildman–Crippen MR) is 99.9 cm³/mol. The molecule has 7 nitrogen and oxygen atoms in total. The fourth-order valence-electron chi connectivity index (χ4n) is 3.64. The molecule has 0 bridgehead atoms. The zero-order chi connectivity index (χ0) is 17.7. The van der Waals surface area contributed by atoms with Crippen LogP contribution in [0.4, 0.5) is 5.69 Å². The van der Waals surface area contributed by atoms with Gasteiger partial charge in [0, 0.05) is 29.0 Å². The maximum atomic E-state index is 13.2. The van der Waals surface area contributed by atoms with E-state index in [0.717, 1.165) is 46.4 Å². The molecule has 0 aliphatic heterocycles. The molecule has 8 heteroatoms. The zero-order valence-electron chi connectivity index (χ0n) is 14.1. The number of anilines is 1. The van der Waals surface area contributed by atoms with Crippen LogP contribution in [0.1, 0.15) is 27.2 Å². The van der Waals surface area contributed by atoms with Crippen molar-refractivity contribution in [3.63, 3.8) is 0 Å². The van der Waals surface area contributed by atoms with E-state index in [2.05, 4.69) is 20.8 Å². The smallest absolute Gasteiger partial charge is 0.259 e. The summed E-state index contributed by atoms with van der Waals surface area (Å²) in [5.41, 5.74) is 3.73. The van der Waals surface area contributed by atoms with Crippen LogP contribution in [0.2, 0.25) is 0 Å². The standard InChI is InChI=1S/C18H16N6OS/c1-23-9-8-11-13(5-3-6-14(11)23)20-17(25)16-12-4-2-7-15(12)26-18(16)24-10-19-21-22-24/h3,5-6,8-10H,2,4,7H2,1H3,(H,20,25). The van der Waals surface area contributed by atoms with E-state index < -0.39 is 0 Å². The molecule has 0 radical (unpaired) electrons. The highest BCUT2D eigenvalue weighted by Gasteiger charge is 2.28. The molecule has 0 spiro atoms. The van der Waals surface area contributed by atoms with Gasteiger partial charge < -0.3 is 9.88 Å². The predicted octanol–water partition coefficient (Wildman–Crippen LogP) is 2.96. The fraction of sp³-hybridized carbons (Fsp3) is 0.222. The van der Waals surface area contributed by atoms with E-state index in [1.807, 2.05) is 42.1 Å². The number of amides is 1. The lowest BCUT2D eigenvalue weighted by molar-refractivity contribution is 0.102. The Morgan fingerprint density at radius 2 is 2.19 bits per heavy atom. The second-order valence-electron chi connectivity index (χ2n) is 6.41. The second-order valence-corrected chi connectivity index (χ2v) is 7.49. The Kier molecular flexibility index (Phi) is 3.39. The van der Waals surface area contributed by atoms with Crippen LogP contribution < -0.4 is 5.32 Å². The van der Waals surface area contributed by atoms with Crippen LogP contribution in [0, 0.1) is 0 Å². The summed E-state index contributed by atoms with van der Waals surface area (Å²) < 4.78 is 3.63. The summed E-state index contributed by atoms with van der Waals surface area (Å²) in [5, 5.41) is 16.3. The van der Waals surface area contributed by atoms with Crippen molar-refractivity contribution < 1.29 is 4.79 Å². The molecule has 1 aliphatic rings. The number of thiophene rings is 1. The highest BCUT2D eigenvalue weighted by atomic mass is 32.1. The quantitative estimate of drug-likeness (QED) is 0.606. The number of carbonyl (C=O) groups is 1. The number of benzene rings is 1. The van der Waals surface area contributed by atoms with Crippen molar-refractivity contribution in [1.29, 1.82) is 0 Å². The third-order valence-corrected chi connectivity index (χ3v) is 6.14. The molecule has 1 aliphatic carbocycles. The van der Waals surface area contributed by atoms with Crippen LogP contribution in [-0.2, 0) is 19.9 Å². The van der Waals surface area contributed by atoms with Crippen LogP contribution in [0.3, 0.4) is 0 Å². The van der Waals surface area contributed by atoms with Crippen molar-refractivity contribution >= 4 is 33.8 Å². The molecule has 0 saturated heterocycles. The van der Waals surface area contributed by atoms with E-state index >= 15 is 0 Å². The summed E-state index contributed by atoms with van der Waals surface area (Å²) in [7, 11) is 2.00. The number of rotatable bonds is 3. The zero-order valence-corrected chi connectivity index (χ0v) is 15.0. The van der Waals surface area contributed by atoms with Gasteiger partial charge in [-0.25, -0.2) is 0 Å². The molecular weight excluding hydrogens is 348 g/mol. The molecule has 26 heavy (non-hydrogen) atoms. The summed E-state index contributed by atoms with van der Waals surface area (Å²) in [6.07, 6.45) is 6.55. The largest absolute Gasteiger partial charge is 0.350 e. The van der Waals surface area contributed by atoms with Gasteiger partial charge in [0.15, 0.2) is 0 Å². The van der Waals surface area contributed by atoms with Crippen molar-refractivity contribution in [3.05, 3.63) is 52.8 Å². The Hall–Kier alpha value is -3.00. The molecular formula is C18H16N6OS. The average molecular weight is 364 g/mol. The molecule has 1 amide bonds. The van der Waals surface area contributed by atoms with Crippen LogP contribution >= 0.6 is 11.3 Å². The first-order valence-corrected chi connectivity index (χ1v) is 9.27. The third kappa shape index (κ3) is 2.26. The SMILES string of the molecule is Cn1ccc2c(NC(=O)c3c(-n4cnnn4)sc4c3CCC4)cccc21. The Balaban J connectivity index is 1.59. The molecule has 130 valence electrons. The lowest BCUT2D eigenvalue weighted by atomic mass is 10.1. The summed E-state index contributed by atoms with van der Waals surface area (Å²) in [5.74, 6) is -0.105. The topological polar surface area (TPSA) is 77.6 Å². The molecule has 0 unspecified atom stereocenters. The number of nitrogens with one attached hydrogen (secondary N) is 1. The molecule has 0 fully saturated rings. The number of fused-ring (bicyclic) bond motifs is 2. The van der Waals surface area contributed by atoms with Gasteiger partial charge in [-0.15, -0.1) is 16.4 Å². The first-order valence-electron chi connectivity index (χ1n) is 8.45. The minimum atomic E-state index is -0.105. The highest BCUT2D eigenvalue weighted by Crippen LogP contribution is 2.38. The Labute approximate surface area is 153 Å². The van der Waals surface area contributed by atoms with Crippen molar-refractivity contribution in [2.24, 2.45) is 7.05 Å². The van der Waals surface area contributed by atoms with Gasteiger partial charge in [-0.05, 0) is 53.5 Å². The number of aromatic nitrogens is 5. The van der Waals surface area contributed by atoms with Gasteiger partial charge in [-0.1, -0.05) is 6.07 Å². The van der Waals surface area contributed by atoms with E-state index in [1.54, 1.807) is 16.0 Å².